The van der Waals surface area contributed by atoms with Crippen LogP contribution in [-0.2, 0) is 11.2 Å². The maximum absolute atomic E-state index is 10.2. The number of aliphatic hydroxyl groups excluding tert-OH is 1. The molecule has 0 aliphatic carbocycles. The van der Waals surface area contributed by atoms with Gasteiger partial charge in [-0.05, 0) is 18.1 Å². The Morgan fingerprint density at radius 1 is 1.50 bits per heavy atom. The van der Waals surface area contributed by atoms with Gasteiger partial charge in [0.05, 0.1) is 6.10 Å². The summed E-state index contributed by atoms with van der Waals surface area (Å²) in [6.45, 7) is 1.84. The molecule has 1 aromatic rings. The van der Waals surface area contributed by atoms with Gasteiger partial charge < -0.3 is 15.0 Å². The van der Waals surface area contributed by atoms with Crippen LogP contribution < -0.4 is 0 Å². The molecular formula is C11H14O3. The van der Waals surface area contributed by atoms with Crippen LogP contribution in [0.2, 0.25) is 0 Å². The first-order chi connectivity index (χ1) is 6.69. The normalized spacial score (nSPS) is 12.4. The number of carbonyl (C=O) groups excluding carboxylic acids is 1. The van der Waals surface area contributed by atoms with Crippen LogP contribution in [0.15, 0.2) is 18.2 Å². The van der Waals surface area contributed by atoms with Gasteiger partial charge in [-0.25, -0.2) is 0 Å². The average Bonchev–Trinajstić information content (AvgIpc) is 2.17. The lowest BCUT2D eigenvalue weighted by Gasteiger charge is -2.10. The van der Waals surface area contributed by atoms with E-state index in [4.69, 9.17) is 0 Å². The highest BCUT2D eigenvalue weighted by Gasteiger charge is 2.10. The topological polar surface area (TPSA) is 57.5 Å². The molecule has 0 amide bonds. The molecule has 0 radical (unpaired) electrons. The van der Waals surface area contributed by atoms with E-state index in [1.807, 2.05) is 6.92 Å². The van der Waals surface area contributed by atoms with Crippen LogP contribution in [0.25, 0.3) is 0 Å². The highest BCUT2D eigenvalue weighted by atomic mass is 16.3. The molecule has 0 bridgehead atoms. The Morgan fingerprint density at radius 2 is 2.21 bits per heavy atom. The summed E-state index contributed by atoms with van der Waals surface area (Å²) >= 11 is 0. The van der Waals surface area contributed by atoms with Crippen molar-refractivity contribution in [1.29, 1.82) is 0 Å². The maximum atomic E-state index is 10.2. The second-order valence-electron chi connectivity index (χ2n) is 3.19. The molecule has 1 aromatic carbocycles. The highest BCUT2D eigenvalue weighted by molar-refractivity contribution is 5.56. The van der Waals surface area contributed by atoms with E-state index in [1.165, 1.54) is 6.07 Å². The molecule has 0 heterocycles. The van der Waals surface area contributed by atoms with Gasteiger partial charge in [0.2, 0.25) is 0 Å². The fourth-order valence-electron chi connectivity index (χ4n) is 1.31. The van der Waals surface area contributed by atoms with E-state index in [0.29, 0.717) is 12.0 Å². The number of hydrogen-bond acceptors (Lipinski definition) is 3. The number of hydrogen-bond donors (Lipinski definition) is 2. The Hall–Kier alpha value is -1.35. The van der Waals surface area contributed by atoms with Crippen LogP contribution in [-0.4, -0.2) is 16.5 Å². The zero-order chi connectivity index (χ0) is 10.6. The Morgan fingerprint density at radius 3 is 2.71 bits per heavy atom. The monoisotopic (exact) mass is 194 g/mol. The van der Waals surface area contributed by atoms with Crippen molar-refractivity contribution < 1.29 is 15.0 Å². The summed E-state index contributed by atoms with van der Waals surface area (Å²) in [5.74, 6) is 0.0544. The molecule has 76 valence electrons. The van der Waals surface area contributed by atoms with E-state index in [9.17, 15) is 15.0 Å². The van der Waals surface area contributed by atoms with Crippen molar-refractivity contribution in [1.82, 2.24) is 0 Å². The van der Waals surface area contributed by atoms with Gasteiger partial charge in [0.15, 0.2) is 0 Å². The van der Waals surface area contributed by atoms with Gasteiger partial charge >= 0.3 is 0 Å². The lowest BCUT2D eigenvalue weighted by atomic mass is 10.0. The first kappa shape index (κ1) is 10.7. The summed E-state index contributed by atoms with van der Waals surface area (Å²) < 4.78 is 0. The standard InChI is InChI=1S/C11H14O3/c1-2-10(13)9-4-3-8(5-6-12)7-11(9)14/h3-4,6-7,10,13-14H,2,5H2,1H3. The lowest BCUT2D eigenvalue weighted by Crippen LogP contribution is -1.96. The van der Waals surface area contributed by atoms with Crippen LogP contribution in [0.4, 0.5) is 0 Å². The Labute approximate surface area is 83.0 Å². The Balaban J connectivity index is 2.94. The molecule has 1 unspecified atom stereocenters. The molecule has 0 aliphatic heterocycles. The van der Waals surface area contributed by atoms with Crippen LogP contribution in [0.5, 0.6) is 5.75 Å². The number of aldehydes is 1. The predicted molar refractivity (Wildman–Crippen MR) is 53.1 cm³/mol. The fourth-order valence-corrected chi connectivity index (χ4v) is 1.31. The number of phenols is 1. The first-order valence-electron chi connectivity index (χ1n) is 4.62. The maximum Gasteiger partial charge on any atom is 0.124 e. The van der Waals surface area contributed by atoms with Gasteiger partial charge in [-0.1, -0.05) is 19.1 Å². The zero-order valence-corrected chi connectivity index (χ0v) is 8.10. The number of aliphatic hydroxyl groups is 1. The van der Waals surface area contributed by atoms with E-state index in [0.717, 1.165) is 11.8 Å². The minimum atomic E-state index is -0.639. The largest absolute Gasteiger partial charge is 0.508 e. The molecule has 2 N–H and O–H groups in total. The van der Waals surface area contributed by atoms with Crippen LogP contribution in [0.1, 0.15) is 30.6 Å². The summed E-state index contributed by atoms with van der Waals surface area (Å²) in [6.07, 6.45) is 0.988. The van der Waals surface area contributed by atoms with Gasteiger partial charge in [0.1, 0.15) is 12.0 Å². The molecule has 0 fully saturated rings. The summed E-state index contributed by atoms with van der Waals surface area (Å²) in [6, 6.07) is 4.91. The highest BCUT2D eigenvalue weighted by Crippen LogP contribution is 2.27. The van der Waals surface area contributed by atoms with E-state index < -0.39 is 6.10 Å². The number of phenolic OH excluding ortho intramolecular Hbond substituents is 1. The van der Waals surface area contributed by atoms with Gasteiger partial charge in [-0.3, -0.25) is 0 Å². The molecule has 3 nitrogen and oxygen atoms in total. The molecule has 0 saturated carbocycles. The predicted octanol–water partition coefficient (Wildman–Crippen LogP) is 1.58. The van der Waals surface area contributed by atoms with Gasteiger partial charge in [-0.2, -0.15) is 0 Å². The zero-order valence-electron chi connectivity index (χ0n) is 8.10. The van der Waals surface area contributed by atoms with Crippen molar-refractivity contribution in [2.24, 2.45) is 0 Å². The average molecular weight is 194 g/mol. The van der Waals surface area contributed by atoms with Gasteiger partial charge in [-0.15, -0.1) is 0 Å². The summed E-state index contributed by atoms with van der Waals surface area (Å²) in [5.41, 5.74) is 1.27. The van der Waals surface area contributed by atoms with E-state index in [1.54, 1.807) is 12.1 Å². The number of benzene rings is 1. The molecule has 0 saturated heterocycles. The van der Waals surface area contributed by atoms with Crippen molar-refractivity contribution in [3.05, 3.63) is 29.3 Å². The number of carbonyl (C=O) groups is 1. The minimum absolute atomic E-state index is 0.0544. The third-order valence-corrected chi connectivity index (χ3v) is 2.16. The third-order valence-electron chi connectivity index (χ3n) is 2.16. The molecular weight excluding hydrogens is 180 g/mol. The molecule has 1 atom stereocenters. The molecule has 0 spiro atoms. The molecule has 14 heavy (non-hydrogen) atoms. The van der Waals surface area contributed by atoms with E-state index in [-0.39, 0.29) is 12.2 Å². The van der Waals surface area contributed by atoms with Crippen molar-refractivity contribution in [3.8, 4) is 5.75 Å². The van der Waals surface area contributed by atoms with Crippen LogP contribution in [0.3, 0.4) is 0 Å². The smallest absolute Gasteiger partial charge is 0.124 e. The van der Waals surface area contributed by atoms with Crippen LogP contribution in [0, 0.1) is 0 Å². The van der Waals surface area contributed by atoms with Gasteiger partial charge in [0, 0.05) is 12.0 Å². The summed E-state index contributed by atoms with van der Waals surface area (Å²) in [7, 11) is 0. The van der Waals surface area contributed by atoms with Crippen molar-refractivity contribution in [2.45, 2.75) is 25.9 Å². The summed E-state index contributed by atoms with van der Waals surface area (Å²) in [4.78, 5) is 10.2. The van der Waals surface area contributed by atoms with Crippen molar-refractivity contribution in [2.75, 3.05) is 0 Å². The number of aromatic hydroxyl groups is 1. The fraction of sp³-hybridized carbons (Fsp3) is 0.364. The molecule has 0 aliphatic rings. The molecule has 0 aromatic heterocycles. The first-order valence-corrected chi connectivity index (χ1v) is 4.62. The molecule has 1 rings (SSSR count). The van der Waals surface area contributed by atoms with Crippen LogP contribution >= 0.6 is 0 Å². The minimum Gasteiger partial charge on any atom is -0.508 e. The van der Waals surface area contributed by atoms with E-state index >= 15 is 0 Å². The second kappa shape index (κ2) is 4.77. The quantitative estimate of drug-likeness (QED) is 0.715. The molecule has 3 heteroatoms. The van der Waals surface area contributed by atoms with Crippen molar-refractivity contribution in [3.63, 3.8) is 0 Å². The second-order valence-corrected chi connectivity index (χ2v) is 3.19. The SMILES string of the molecule is CCC(O)c1ccc(CC=O)cc1O. The third kappa shape index (κ3) is 2.33. The van der Waals surface area contributed by atoms with Crippen molar-refractivity contribution >= 4 is 6.29 Å². The Bertz CT molecular complexity index is 320. The van der Waals surface area contributed by atoms with Gasteiger partial charge in [0.25, 0.3) is 0 Å². The summed E-state index contributed by atoms with van der Waals surface area (Å²) in [5, 5.41) is 19.0. The van der Waals surface area contributed by atoms with E-state index in [2.05, 4.69) is 0 Å². The lowest BCUT2D eigenvalue weighted by molar-refractivity contribution is -0.107. The number of rotatable bonds is 4. The Kier molecular flexibility index (Phi) is 3.65.